The van der Waals surface area contributed by atoms with Gasteiger partial charge in [-0.2, -0.15) is 0 Å². The number of hydrogen-bond donors (Lipinski definition) is 0. The van der Waals surface area contributed by atoms with Gasteiger partial charge in [0, 0.05) is 54.9 Å². The molecule has 0 saturated heterocycles. The van der Waals surface area contributed by atoms with E-state index in [1.54, 1.807) is 0 Å². The maximum absolute atomic E-state index is 6.62. The van der Waals surface area contributed by atoms with Crippen molar-refractivity contribution in [3.05, 3.63) is 170 Å². The van der Waals surface area contributed by atoms with Gasteiger partial charge < -0.3 is 18.4 Å². The van der Waals surface area contributed by atoms with Crippen LogP contribution in [0.5, 0.6) is 0 Å². The SMILES string of the molecule is c1ccc(N2B3c4cc5oc6ccccc6c5cc4-n4c5ccccc5c5c(-n6c7ccccc7c7ccccc76)cc(c3c54)-c3ccccc32)cc1. The molecule has 0 spiro atoms. The van der Waals surface area contributed by atoms with Crippen molar-refractivity contribution in [2.45, 2.75) is 0 Å². The molecule has 0 bridgehead atoms. The highest BCUT2D eigenvalue weighted by Gasteiger charge is 2.45. The number of para-hydroxylation sites is 6. The molecule has 53 heavy (non-hydrogen) atoms. The molecule has 5 heteroatoms. The van der Waals surface area contributed by atoms with Crippen LogP contribution in [0.4, 0.5) is 11.4 Å². The van der Waals surface area contributed by atoms with Gasteiger partial charge in [-0.3, -0.25) is 0 Å². The Bertz CT molecular complexity index is 3320. The standard InChI is InChI=1S/C48H28BN3O/c1-2-14-29(15-3-1)52-41-24-12-6-18-32(41)36-27-43(50-38-21-9-4-16-30(38)31-17-5-10-22-39(31)50)46-34-20-7-11-23-40(34)51-42-26-35-33-19-8-13-25-44(33)53-45(35)28-37(42)49(52)47(36)48(46)51/h1-28H. The van der Waals surface area contributed by atoms with Crippen LogP contribution in [0.3, 0.4) is 0 Å². The van der Waals surface area contributed by atoms with E-state index in [4.69, 9.17) is 4.42 Å². The number of furan rings is 1. The lowest BCUT2D eigenvalue weighted by Crippen LogP contribution is -2.60. The second kappa shape index (κ2) is 9.87. The van der Waals surface area contributed by atoms with Crippen molar-refractivity contribution >= 4 is 94.7 Å². The molecule has 2 aliphatic rings. The van der Waals surface area contributed by atoms with Crippen LogP contribution in [-0.4, -0.2) is 16.0 Å². The zero-order chi connectivity index (χ0) is 34.4. The van der Waals surface area contributed by atoms with Crippen molar-refractivity contribution in [3.63, 3.8) is 0 Å². The summed E-state index contributed by atoms with van der Waals surface area (Å²) in [6.07, 6.45) is 0. The average molecular weight is 674 g/mol. The maximum atomic E-state index is 6.62. The Hall–Kier alpha value is -6.98. The molecule has 0 N–H and O–H groups in total. The molecule has 5 heterocycles. The van der Waals surface area contributed by atoms with Gasteiger partial charge in [0.1, 0.15) is 11.2 Å². The van der Waals surface area contributed by atoms with Gasteiger partial charge in [-0.05, 0) is 77.2 Å². The lowest BCUT2D eigenvalue weighted by Gasteiger charge is -2.42. The first-order chi connectivity index (χ1) is 26.3. The summed E-state index contributed by atoms with van der Waals surface area (Å²) in [7, 11) is 0. The van der Waals surface area contributed by atoms with Gasteiger partial charge in [0.15, 0.2) is 0 Å². The van der Waals surface area contributed by atoms with Gasteiger partial charge in [-0.15, -0.1) is 0 Å². The first-order valence-corrected chi connectivity index (χ1v) is 18.3. The molecule has 0 amide bonds. The summed E-state index contributed by atoms with van der Waals surface area (Å²) >= 11 is 0. The Morgan fingerprint density at radius 3 is 1.81 bits per heavy atom. The van der Waals surface area contributed by atoms with Gasteiger partial charge in [-0.1, -0.05) is 109 Å². The number of benzene rings is 8. The van der Waals surface area contributed by atoms with E-state index in [9.17, 15) is 0 Å². The van der Waals surface area contributed by atoms with Crippen LogP contribution in [0.1, 0.15) is 0 Å². The molecule has 0 unspecified atom stereocenters. The van der Waals surface area contributed by atoms with E-state index >= 15 is 0 Å². The summed E-state index contributed by atoms with van der Waals surface area (Å²) < 4.78 is 11.7. The molecular formula is C48H28BN3O. The van der Waals surface area contributed by atoms with Crippen molar-refractivity contribution < 1.29 is 4.42 Å². The zero-order valence-electron chi connectivity index (χ0n) is 28.5. The van der Waals surface area contributed by atoms with Crippen molar-refractivity contribution in [1.29, 1.82) is 0 Å². The molecular weight excluding hydrogens is 645 g/mol. The summed E-state index contributed by atoms with van der Waals surface area (Å²) in [4.78, 5) is 2.56. The molecule has 0 atom stereocenters. The van der Waals surface area contributed by atoms with Crippen LogP contribution in [0.25, 0.3) is 88.1 Å². The largest absolute Gasteiger partial charge is 0.456 e. The van der Waals surface area contributed by atoms with Gasteiger partial charge >= 0.3 is 6.85 Å². The Morgan fingerprint density at radius 1 is 0.415 bits per heavy atom. The summed E-state index contributed by atoms with van der Waals surface area (Å²) in [6, 6.07) is 62.2. The minimum absolute atomic E-state index is 0.0959. The van der Waals surface area contributed by atoms with E-state index in [2.05, 4.69) is 184 Å². The fraction of sp³-hybridized carbons (Fsp3) is 0. The van der Waals surface area contributed by atoms with E-state index in [1.807, 2.05) is 0 Å². The van der Waals surface area contributed by atoms with Gasteiger partial charge in [0.05, 0.1) is 27.8 Å². The third kappa shape index (κ3) is 3.42. The second-order valence-corrected chi connectivity index (χ2v) is 14.4. The third-order valence-electron chi connectivity index (χ3n) is 11.9. The molecule has 0 aliphatic carbocycles. The number of aromatic nitrogens is 2. The lowest BCUT2D eigenvalue weighted by molar-refractivity contribution is 0.669. The van der Waals surface area contributed by atoms with Crippen molar-refractivity contribution in [2.24, 2.45) is 0 Å². The average Bonchev–Trinajstić information content (AvgIpc) is 3.88. The molecule has 0 fully saturated rings. The van der Waals surface area contributed by atoms with E-state index in [-0.39, 0.29) is 6.85 Å². The number of fused-ring (bicyclic) bond motifs is 14. The van der Waals surface area contributed by atoms with Gasteiger partial charge in [0.2, 0.25) is 0 Å². The minimum atomic E-state index is -0.0959. The molecule has 4 nitrogen and oxygen atoms in total. The zero-order valence-corrected chi connectivity index (χ0v) is 28.5. The van der Waals surface area contributed by atoms with Crippen LogP contribution >= 0.6 is 0 Å². The highest BCUT2D eigenvalue weighted by atomic mass is 16.3. The molecule has 13 rings (SSSR count). The molecule has 3 aromatic heterocycles. The van der Waals surface area contributed by atoms with Crippen LogP contribution < -0.4 is 15.7 Å². The highest BCUT2D eigenvalue weighted by molar-refractivity contribution is 6.94. The molecule has 0 saturated carbocycles. The fourth-order valence-electron chi connectivity index (χ4n) is 9.82. The highest BCUT2D eigenvalue weighted by Crippen LogP contribution is 2.48. The normalized spacial score (nSPS) is 13.2. The van der Waals surface area contributed by atoms with Crippen molar-refractivity contribution in [1.82, 2.24) is 9.13 Å². The van der Waals surface area contributed by atoms with Crippen molar-refractivity contribution in [2.75, 3.05) is 4.81 Å². The van der Waals surface area contributed by atoms with Gasteiger partial charge in [0.25, 0.3) is 0 Å². The smallest absolute Gasteiger partial charge is 0.333 e. The lowest BCUT2D eigenvalue weighted by atomic mass is 9.44. The number of nitrogens with zero attached hydrogens (tertiary/aromatic N) is 3. The Kier molecular flexibility index (Phi) is 5.16. The van der Waals surface area contributed by atoms with E-state index in [0.29, 0.717) is 0 Å². The van der Waals surface area contributed by atoms with E-state index in [0.717, 1.165) is 27.6 Å². The van der Waals surface area contributed by atoms with Crippen LogP contribution in [0, 0.1) is 0 Å². The Labute approximate surface area is 304 Å². The minimum Gasteiger partial charge on any atom is -0.456 e. The molecule has 2 aliphatic heterocycles. The number of hydrogen-bond acceptors (Lipinski definition) is 2. The quantitative estimate of drug-likeness (QED) is 0.171. The van der Waals surface area contributed by atoms with Crippen molar-refractivity contribution in [3.8, 4) is 22.5 Å². The summed E-state index contributed by atoms with van der Waals surface area (Å²) in [5, 5.41) is 7.31. The first kappa shape index (κ1) is 27.7. The van der Waals surface area contributed by atoms with E-state index in [1.165, 1.54) is 82.7 Å². The fourth-order valence-corrected chi connectivity index (χ4v) is 9.82. The monoisotopic (exact) mass is 673 g/mol. The van der Waals surface area contributed by atoms with Gasteiger partial charge in [-0.25, -0.2) is 0 Å². The summed E-state index contributed by atoms with van der Waals surface area (Å²) in [5.74, 6) is 0. The summed E-state index contributed by atoms with van der Waals surface area (Å²) in [5.41, 5.74) is 16.5. The second-order valence-electron chi connectivity index (χ2n) is 14.4. The van der Waals surface area contributed by atoms with Crippen LogP contribution in [-0.2, 0) is 0 Å². The topological polar surface area (TPSA) is 26.2 Å². The number of rotatable bonds is 2. The summed E-state index contributed by atoms with van der Waals surface area (Å²) in [6.45, 7) is -0.0959. The Morgan fingerprint density at radius 2 is 1.04 bits per heavy atom. The Balaban J connectivity index is 1.29. The first-order valence-electron chi connectivity index (χ1n) is 18.3. The van der Waals surface area contributed by atoms with E-state index < -0.39 is 0 Å². The third-order valence-corrected chi connectivity index (χ3v) is 11.9. The van der Waals surface area contributed by atoms with Crippen LogP contribution in [0.15, 0.2) is 174 Å². The van der Waals surface area contributed by atoms with Crippen LogP contribution in [0.2, 0.25) is 0 Å². The molecule has 244 valence electrons. The molecule has 8 aromatic carbocycles. The predicted octanol–water partition coefficient (Wildman–Crippen LogP) is 11.0. The number of anilines is 2. The maximum Gasteiger partial charge on any atom is 0.333 e. The predicted molar refractivity (Wildman–Crippen MR) is 221 cm³/mol. The molecule has 11 aromatic rings. The molecule has 0 radical (unpaired) electrons.